The summed E-state index contributed by atoms with van der Waals surface area (Å²) in [7, 11) is -3.12. The van der Waals surface area contributed by atoms with Gasteiger partial charge in [-0.25, -0.2) is 0 Å². The fraction of sp³-hybridized carbons (Fsp3) is 0.800. The molecule has 1 fully saturated rings. The predicted octanol–water partition coefficient (Wildman–Crippen LogP) is 0.218. The fourth-order valence-corrected chi connectivity index (χ4v) is 2.39. The van der Waals surface area contributed by atoms with Crippen LogP contribution in [0, 0.1) is 0 Å². The van der Waals surface area contributed by atoms with Crippen molar-refractivity contribution in [3.63, 3.8) is 0 Å². The van der Waals surface area contributed by atoms with Gasteiger partial charge in [0, 0.05) is 6.42 Å². The van der Waals surface area contributed by atoms with E-state index in [9.17, 15) is 9.36 Å². The van der Waals surface area contributed by atoms with E-state index in [2.05, 4.69) is 0 Å². The summed E-state index contributed by atoms with van der Waals surface area (Å²) < 4.78 is 11.0. The minimum atomic E-state index is -3.12. The quantitative estimate of drug-likeness (QED) is 0.540. The highest BCUT2D eigenvalue weighted by atomic mass is 31.2. The Morgan fingerprint density at radius 2 is 2.10 bits per heavy atom. The molecule has 5 heteroatoms. The topological polar surface area (TPSA) is 86.2 Å². The predicted molar refractivity (Wildman–Crippen MR) is 38.6 cm³/mol. The summed E-state index contributed by atoms with van der Waals surface area (Å²) in [6.45, 7) is 0. The van der Waals surface area contributed by atoms with Gasteiger partial charge in [-0.3, -0.25) is 20.4 Å². The van der Waals surface area contributed by atoms with Crippen LogP contribution in [0.4, 0.5) is 0 Å². The molecule has 1 aliphatic rings. The van der Waals surface area contributed by atoms with Crippen molar-refractivity contribution >= 4 is 13.2 Å². The third-order valence-electron chi connectivity index (χ3n) is 1.76. The Bertz CT molecular complexity index is 198. The zero-order valence-corrected chi connectivity index (χ0v) is 6.51. The minimum Gasteiger partial charge on any atom is -0.299 e. The van der Waals surface area contributed by atoms with Crippen molar-refractivity contribution in [3.8, 4) is 0 Å². The van der Waals surface area contributed by atoms with Gasteiger partial charge in [-0.15, -0.1) is 0 Å². The number of carbonyl (C=O) groups excluding carboxylic acids is 1. The third-order valence-corrected chi connectivity index (χ3v) is 3.28. The van der Waals surface area contributed by atoms with E-state index in [1.54, 1.807) is 0 Å². The maximum atomic E-state index is 11.0. The van der Waals surface area contributed by atoms with Crippen molar-refractivity contribution in [2.45, 2.75) is 24.9 Å². The van der Waals surface area contributed by atoms with Crippen molar-refractivity contribution in [2.75, 3.05) is 0 Å². The van der Waals surface area contributed by atoms with E-state index in [0.29, 0.717) is 12.8 Å². The first-order valence-corrected chi connectivity index (χ1v) is 5.13. The smallest absolute Gasteiger partial charge is 0.216 e. The molecule has 1 aliphatic carbocycles. The molecule has 0 saturated heterocycles. The average Bonchev–Trinajstić information content (AvgIpc) is 2.11. The van der Waals surface area contributed by atoms with Crippen LogP contribution in [0.15, 0.2) is 0 Å². The second kappa shape index (κ2) is 2.46. The van der Waals surface area contributed by atoms with Crippen LogP contribution in [-0.2, 0) is 9.36 Å². The summed E-state index contributed by atoms with van der Waals surface area (Å²) >= 11 is 0. The van der Waals surface area contributed by atoms with Gasteiger partial charge in [0.1, 0.15) is 5.78 Å². The molecule has 0 aromatic carbocycles. The third kappa shape index (κ3) is 1.45. The van der Waals surface area contributed by atoms with E-state index < -0.39 is 13.1 Å². The largest absolute Gasteiger partial charge is 0.299 e. The Labute approximate surface area is 59.4 Å². The van der Waals surface area contributed by atoms with E-state index in [-0.39, 0.29) is 5.78 Å². The lowest BCUT2D eigenvalue weighted by molar-refractivity contribution is -0.117. The minimum absolute atomic E-state index is 0.0340. The number of hydrogen-bond donors (Lipinski definition) is 2. The van der Waals surface area contributed by atoms with Crippen molar-refractivity contribution in [1.82, 2.24) is 0 Å². The maximum Gasteiger partial charge on any atom is 0.216 e. The molecule has 0 aliphatic heterocycles. The molecule has 10 heavy (non-hydrogen) atoms. The summed E-state index contributed by atoms with van der Waals surface area (Å²) in [5.74, 6) is -0.0340. The van der Waals surface area contributed by atoms with Crippen LogP contribution in [0.2, 0.25) is 0 Å². The van der Waals surface area contributed by atoms with Gasteiger partial charge in [0.05, 0.1) is 5.66 Å². The zero-order valence-electron chi connectivity index (χ0n) is 5.62. The Kier molecular flexibility index (Phi) is 1.95. The van der Waals surface area contributed by atoms with Gasteiger partial charge >= 0.3 is 0 Å². The monoisotopic (exact) mass is 162 g/mol. The molecule has 1 unspecified atom stereocenters. The van der Waals surface area contributed by atoms with Gasteiger partial charge in [0.25, 0.3) is 0 Å². The highest BCUT2D eigenvalue weighted by molar-refractivity contribution is 7.60. The van der Waals surface area contributed by atoms with Gasteiger partial charge < -0.3 is 0 Å². The van der Waals surface area contributed by atoms with Crippen molar-refractivity contribution in [1.29, 1.82) is 0 Å². The normalized spacial score (nSPS) is 27.4. The summed E-state index contributed by atoms with van der Waals surface area (Å²) in [5.41, 5.74) is 9.74. The molecule has 58 valence electrons. The number of carbonyl (C=O) groups is 1. The Hall–Kier alpha value is -0.180. The van der Waals surface area contributed by atoms with E-state index in [4.69, 9.17) is 11.0 Å². The Morgan fingerprint density at radius 1 is 1.50 bits per heavy atom. The summed E-state index contributed by atoms with van der Waals surface area (Å²) in [4.78, 5) is 10.9. The summed E-state index contributed by atoms with van der Waals surface area (Å²) in [5, 5.41) is 0. The van der Waals surface area contributed by atoms with Crippen LogP contribution in [0.25, 0.3) is 0 Å². The highest BCUT2D eigenvalue weighted by Gasteiger charge is 2.35. The number of Topliss-reactive ketones (excluding diaryl/α,β-unsaturated/α-hetero) is 1. The van der Waals surface area contributed by atoms with Crippen LogP contribution in [0.3, 0.4) is 0 Å². The van der Waals surface area contributed by atoms with Crippen molar-refractivity contribution in [3.05, 3.63) is 0 Å². The van der Waals surface area contributed by atoms with Gasteiger partial charge in [0.2, 0.25) is 7.44 Å². The lowest BCUT2D eigenvalue weighted by atomic mass is 10.3. The molecule has 0 heterocycles. The molecule has 1 atom stereocenters. The highest BCUT2D eigenvalue weighted by Crippen LogP contribution is 2.40. The first kappa shape index (κ1) is 7.92. The number of hydrogen-bond acceptors (Lipinski definition) is 2. The first-order chi connectivity index (χ1) is 4.52. The van der Waals surface area contributed by atoms with Gasteiger partial charge in [0.15, 0.2) is 0 Å². The van der Waals surface area contributed by atoms with E-state index >= 15 is 0 Å². The summed E-state index contributed by atoms with van der Waals surface area (Å²) in [6.07, 6.45) is 1.87. The molecule has 0 bridgehead atoms. The second-order valence-electron chi connectivity index (χ2n) is 2.64. The summed E-state index contributed by atoms with van der Waals surface area (Å²) in [6, 6.07) is 0. The molecule has 4 N–H and O–H groups in total. The standard InChI is InChI=1S/C5H11N2O2P/c6-10(7,9)5-3-1-2-4(5)8/h5H,1-3H2,(H4,6,7,9). The Balaban J connectivity index is 2.74. The molecule has 0 spiro atoms. The van der Waals surface area contributed by atoms with Crippen LogP contribution >= 0.6 is 7.44 Å². The van der Waals surface area contributed by atoms with E-state index in [1.165, 1.54) is 0 Å². The molecule has 0 amide bonds. The zero-order chi connectivity index (χ0) is 7.78. The van der Waals surface area contributed by atoms with E-state index in [0.717, 1.165) is 6.42 Å². The van der Waals surface area contributed by atoms with Crippen LogP contribution in [0.5, 0.6) is 0 Å². The van der Waals surface area contributed by atoms with Crippen LogP contribution in [0.1, 0.15) is 19.3 Å². The number of ketones is 1. The average molecular weight is 162 g/mol. The molecule has 1 rings (SSSR count). The van der Waals surface area contributed by atoms with Crippen LogP contribution < -0.4 is 11.0 Å². The number of nitrogens with two attached hydrogens (primary N) is 2. The molecule has 0 aromatic rings. The lowest BCUT2D eigenvalue weighted by Crippen LogP contribution is -2.23. The molecule has 1 saturated carbocycles. The van der Waals surface area contributed by atoms with Gasteiger partial charge in [-0.2, -0.15) is 0 Å². The lowest BCUT2D eigenvalue weighted by Gasteiger charge is -2.11. The molecule has 0 radical (unpaired) electrons. The van der Waals surface area contributed by atoms with Gasteiger partial charge in [-0.05, 0) is 12.8 Å². The second-order valence-corrected chi connectivity index (χ2v) is 4.79. The van der Waals surface area contributed by atoms with Crippen molar-refractivity contribution in [2.24, 2.45) is 11.0 Å². The van der Waals surface area contributed by atoms with Gasteiger partial charge in [-0.1, -0.05) is 0 Å². The number of rotatable bonds is 1. The molecular weight excluding hydrogens is 151 g/mol. The van der Waals surface area contributed by atoms with Crippen molar-refractivity contribution < 1.29 is 9.36 Å². The molecular formula is C5H11N2O2P. The van der Waals surface area contributed by atoms with E-state index in [1.807, 2.05) is 0 Å². The van der Waals surface area contributed by atoms with Crippen LogP contribution in [-0.4, -0.2) is 11.4 Å². The first-order valence-electron chi connectivity index (χ1n) is 3.21. The Morgan fingerprint density at radius 3 is 2.30 bits per heavy atom. The molecule has 0 aromatic heterocycles. The molecule has 4 nitrogen and oxygen atoms in total. The maximum absolute atomic E-state index is 11.0. The fourth-order valence-electron chi connectivity index (χ4n) is 1.22. The SMILES string of the molecule is NP(N)(=O)C1CCCC1=O.